The number of benzene rings is 1. The van der Waals surface area contributed by atoms with Crippen LogP contribution in [0.2, 0.25) is 0 Å². The molecule has 2 rings (SSSR count). The van der Waals surface area contributed by atoms with E-state index in [0.29, 0.717) is 0 Å². The summed E-state index contributed by atoms with van der Waals surface area (Å²) in [6, 6.07) is 8.86. The Morgan fingerprint density at radius 1 is 1.14 bits per heavy atom. The first-order valence-electron chi connectivity index (χ1n) is 11.0. The molecular weight excluding hydrogens is 348 g/mol. The van der Waals surface area contributed by atoms with Crippen molar-refractivity contribution in [2.45, 2.75) is 53.1 Å². The number of nitrogens with one attached hydrogen (secondary N) is 1. The van der Waals surface area contributed by atoms with Gasteiger partial charge in [-0.25, -0.2) is 4.99 Å². The topological polar surface area (TPSA) is 40.1 Å². The van der Waals surface area contributed by atoms with E-state index in [1.807, 2.05) is 0 Å². The van der Waals surface area contributed by atoms with Crippen LogP contribution in [-0.4, -0.2) is 62.2 Å². The molecular formula is C23H40N4O. The van der Waals surface area contributed by atoms with E-state index >= 15 is 0 Å². The molecule has 1 aliphatic heterocycles. The highest BCUT2D eigenvalue weighted by Gasteiger charge is 2.15. The van der Waals surface area contributed by atoms with E-state index in [4.69, 9.17) is 9.73 Å². The Kier molecular flexibility index (Phi) is 10.4. The second kappa shape index (κ2) is 12.8. The van der Waals surface area contributed by atoms with Gasteiger partial charge < -0.3 is 15.0 Å². The number of ether oxygens (including phenoxy) is 1. The number of rotatable bonds is 10. The quantitative estimate of drug-likeness (QED) is 0.490. The van der Waals surface area contributed by atoms with Gasteiger partial charge in [-0.3, -0.25) is 4.90 Å². The molecule has 1 aliphatic rings. The highest BCUT2D eigenvalue weighted by molar-refractivity contribution is 5.79. The maximum absolute atomic E-state index is 5.48. The molecule has 1 aromatic rings. The van der Waals surface area contributed by atoms with Gasteiger partial charge in [-0.15, -0.1) is 0 Å². The van der Waals surface area contributed by atoms with Gasteiger partial charge in [0, 0.05) is 39.9 Å². The number of aliphatic imine (C=N–C) groups is 1. The minimum atomic E-state index is 0.718. The monoisotopic (exact) mass is 388 g/mol. The van der Waals surface area contributed by atoms with Gasteiger partial charge in [0.05, 0.1) is 6.54 Å². The van der Waals surface area contributed by atoms with Gasteiger partial charge in [0.15, 0.2) is 5.96 Å². The Balaban J connectivity index is 1.93. The Hall–Kier alpha value is -1.59. The largest absolute Gasteiger partial charge is 0.381 e. The first kappa shape index (κ1) is 22.7. The lowest BCUT2D eigenvalue weighted by molar-refractivity contribution is 0.0625. The van der Waals surface area contributed by atoms with E-state index in [9.17, 15) is 0 Å². The highest BCUT2D eigenvalue weighted by Crippen LogP contribution is 2.18. The fourth-order valence-corrected chi connectivity index (χ4v) is 3.68. The van der Waals surface area contributed by atoms with Gasteiger partial charge >= 0.3 is 0 Å². The molecule has 0 unspecified atom stereocenters. The van der Waals surface area contributed by atoms with Crippen LogP contribution in [0.15, 0.2) is 29.3 Å². The molecule has 0 atom stereocenters. The number of guanidine groups is 1. The van der Waals surface area contributed by atoms with Gasteiger partial charge in [0.25, 0.3) is 0 Å². The summed E-state index contributed by atoms with van der Waals surface area (Å²) in [6.07, 6.45) is 3.60. The lowest BCUT2D eigenvalue weighted by Gasteiger charge is -2.27. The highest BCUT2D eigenvalue weighted by atomic mass is 16.5. The van der Waals surface area contributed by atoms with Crippen molar-refractivity contribution in [1.82, 2.24) is 15.1 Å². The van der Waals surface area contributed by atoms with Gasteiger partial charge in [0.1, 0.15) is 0 Å². The summed E-state index contributed by atoms with van der Waals surface area (Å²) in [5, 5.41) is 3.45. The van der Waals surface area contributed by atoms with Gasteiger partial charge in [-0.05, 0) is 56.3 Å². The minimum Gasteiger partial charge on any atom is -0.381 e. The van der Waals surface area contributed by atoms with Crippen LogP contribution in [0.5, 0.6) is 0 Å². The second-order valence-electron chi connectivity index (χ2n) is 7.72. The third-order valence-electron chi connectivity index (χ3n) is 5.61. The Bertz CT molecular complexity index is 580. The molecule has 0 aromatic heterocycles. The smallest absolute Gasteiger partial charge is 0.193 e. The molecule has 0 bridgehead atoms. The summed E-state index contributed by atoms with van der Waals surface area (Å²) in [6.45, 7) is 14.2. The van der Waals surface area contributed by atoms with E-state index in [1.54, 1.807) is 0 Å². The van der Waals surface area contributed by atoms with Crippen molar-refractivity contribution < 1.29 is 4.74 Å². The predicted octanol–water partition coefficient (Wildman–Crippen LogP) is 3.74. The fraction of sp³-hybridized carbons (Fsp3) is 0.696. The molecule has 1 N–H and O–H groups in total. The number of nitrogens with zero attached hydrogens (tertiary/aromatic N) is 3. The molecule has 158 valence electrons. The van der Waals surface area contributed by atoms with E-state index in [0.717, 1.165) is 64.4 Å². The summed E-state index contributed by atoms with van der Waals surface area (Å²) in [7, 11) is 2.15. The molecule has 0 saturated carbocycles. The van der Waals surface area contributed by atoms with Crippen molar-refractivity contribution in [1.29, 1.82) is 0 Å². The van der Waals surface area contributed by atoms with E-state index < -0.39 is 0 Å². The lowest BCUT2D eigenvalue weighted by Crippen LogP contribution is -2.40. The number of hydrogen-bond acceptors (Lipinski definition) is 3. The summed E-state index contributed by atoms with van der Waals surface area (Å²) in [5.74, 6) is 1.79. The summed E-state index contributed by atoms with van der Waals surface area (Å²) in [4.78, 5) is 9.62. The van der Waals surface area contributed by atoms with Crippen LogP contribution in [0.1, 0.15) is 51.2 Å². The van der Waals surface area contributed by atoms with E-state index in [-0.39, 0.29) is 0 Å². The van der Waals surface area contributed by atoms with E-state index in [1.165, 1.54) is 30.4 Å². The summed E-state index contributed by atoms with van der Waals surface area (Å²) < 4.78 is 5.48. The molecule has 1 fully saturated rings. The number of hydrogen-bond donors (Lipinski definition) is 1. The molecule has 1 heterocycles. The average molecular weight is 389 g/mol. The van der Waals surface area contributed by atoms with Crippen molar-refractivity contribution in [2.75, 3.05) is 46.4 Å². The first-order chi connectivity index (χ1) is 13.7. The van der Waals surface area contributed by atoms with Gasteiger partial charge in [-0.2, -0.15) is 0 Å². The molecule has 0 amide bonds. The van der Waals surface area contributed by atoms with Crippen molar-refractivity contribution in [3.8, 4) is 0 Å². The first-order valence-corrected chi connectivity index (χ1v) is 11.0. The predicted molar refractivity (Wildman–Crippen MR) is 119 cm³/mol. The molecule has 0 aliphatic carbocycles. The van der Waals surface area contributed by atoms with Crippen LogP contribution >= 0.6 is 0 Å². The summed E-state index contributed by atoms with van der Waals surface area (Å²) in [5.41, 5.74) is 2.65. The maximum Gasteiger partial charge on any atom is 0.193 e. The van der Waals surface area contributed by atoms with Crippen LogP contribution in [0.3, 0.4) is 0 Å². The molecule has 0 radical (unpaired) electrons. The standard InChI is InChI=1S/C23H40N4O/c1-5-24-23(26(4)14-11-20-12-15-28-16-13-20)25-18-21-9-8-10-22(17-21)19-27(6-2)7-3/h8-10,17,20H,5-7,11-16,18-19H2,1-4H3,(H,24,25). The van der Waals surface area contributed by atoms with Gasteiger partial charge in [-0.1, -0.05) is 38.1 Å². The average Bonchev–Trinajstić information content (AvgIpc) is 2.74. The minimum absolute atomic E-state index is 0.718. The molecule has 1 saturated heterocycles. The normalized spacial score (nSPS) is 15.8. The Labute approximate surface area is 172 Å². The van der Waals surface area contributed by atoms with Crippen LogP contribution in [-0.2, 0) is 17.8 Å². The zero-order valence-electron chi connectivity index (χ0n) is 18.4. The third kappa shape index (κ3) is 7.80. The lowest BCUT2D eigenvalue weighted by atomic mass is 9.96. The Morgan fingerprint density at radius 2 is 1.86 bits per heavy atom. The molecule has 5 nitrogen and oxygen atoms in total. The second-order valence-corrected chi connectivity index (χ2v) is 7.72. The molecule has 1 aromatic carbocycles. The van der Waals surface area contributed by atoms with Crippen molar-refractivity contribution in [3.63, 3.8) is 0 Å². The maximum atomic E-state index is 5.48. The third-order valence-corrected chi connectivity index (χ3v) is 5.61. The summed E-state index contributed by atoms with van der Waals surface area (Å²) >= 11 is 0. The van der Waals surface area contributed by atoms with Crippen LogP contribution in [0.25, 0.3) is 0 Å². The van der Waals surface area contributed by atoms with Crippen LogP contribution < -0.4 is 5.32 Å². The molecule has 5 heteroatoms. The SMILES string of the molecule is CCNC(=NCc1cccc(CN(CC)CC)c1)N(C)CCC1CCOCC1. The van der Waals surface area contributed by atoms with Crippen molar-refractivity contribution in [2.24, 2.45) is 10.9 Å². The molecule has 0 spiro atoms. The molecule has 28 heavy (non-hydrogen) atoms. The zero-order valence-corrected chi connectivity index (χ0v) is 18.4. The Morgan fingerprint density at radius 3 is 2.54 bits per heavy atom. The van der Waals surface area contributed by atoms with Crippen molar-refractivity contribution >= 4 is 5.96 Å². The van der Waals surface area contributed by atoms with Crippen LogP contribution in [0, 0.1) is 5.92 Å². The zero-order chi connectivity index (χ0) is 20.2. The van der Waals surface area contributed by atoms with Crippen LogP contribution in [0.4, 0.5) is 0 Å². The van der Waals surface area contributed by atoms with Crippen molar-refractivity contribution in [3.05, 3.63) is 35.4 Å². The van der Waals surface area contributed by atoms with E-state index in [2.05, 4.69) is 67.2 Å². The van der Waals surface area contributed by atoms with Gasteiger partial charge in [0.2, 0.25) is 0 Å². The fourth-order valence-electron chi connectivity index (χ4n) is 3.68.